The third-order valence-corrected chi connectivity index (χ3v) is 9.73. The number of halogens is 1. The number of ether oxygens (including phenoxy) is 2. The molecule has 4 N–H and O–H groups in total. The summed E-state index contributed by atoms with van der Waals surface area (Å²) in [4.78, 5) is 21.9. The van der Waals surface area contributed by atoms with Crippen LogP contribution in [0, 0.1) is 12.7 Å². The second-order valence-electron chi connectivity index (χ2n) is 11.0. The van der Waals surface area contributed by atoms with Gasteiger partial charge in [-0.25, -0.2) is 9.37 Å². The number of aromatic nitrogens is 1. The Labute approximate surface area is 246 Å². The van der Waals surface area contributed by atoms with Crippen LogP contribution in [0.5, 0.6) is 5.75 Å². The number of carbonyl (C=O) groups is 1. The zero-order valence-corrected chi connectivity index (χ0v) is 24.2. The maximum atomic E-state index is 14.6. The second-order valence-corrected chi connectivity index (χ2v) is 12.0. The van der Waals surface area contributed by atoms with E-state index in [0.717, 1.165) is 0 Å². The van der Waals surface area contributed by atoms with Gasteiger partial charge in [-0.2, -0.15) is 0 Å². The van der Waals surface area contributed by atoms with Gasteiger partial charge in [0.15, 0.2) is 0 Å². The molecule has 13 heteroatoms. The number of oxazole rings is 1. The number of nitrogens with one attached hydrogen (secondary N) is 1. The first kappa shape index (κ1) is 29.0. The number of amides is 1. The first-order valence-electron chi connectivity index (χ1n) is 14.2. The summed E-state index contributed by atoms with van der Waals surface area (Å²) in [5.41, 5.74) is 1.49. The predicted octanol–water partition coefficient (Wildman–Crippen LogP) is 3.14. The van der Waals surface area contributed by atoms with Crippen molar-refractivity contribution in [2.75, 3.05) is 25.1 Å². The number of rotatable bonds is 8. The highest BCUT2D eigenvalue weighted by molar-refractivity contribution is 7.20. The van der Waals surface area contributed by atoms with E-state index >= 15 is 0 Å². The summed E-state index contributed by atoms with van der Waals surface area (Å²) in [6.07, 6.45) is 2.04. The Hall–Kier alpha value is -3.07. The average Bonchev–Trinajstić information content (AvgIpc) is 3.73. The van der Waals surface area contributed by atoms with E-state index in [9.17, 15) is 24.5 Å². The van der Waals surface area contributed by atoms with Crippen molar-refractivity contribution in [3.63, 3.8) is 0 Å². The van der Waals surface area contributed by atoms with Crippen LogP contribution in [-0.2, 0) is 4.74 Å². The monoisotopic (exact) mass is 602 g/mol. The Kier molecular flexibility index (Phi) is 8.22. The summed E-state index contributed by atoms with van der Waals surface area (Å²) >= 11 is 1.27. The van der Waals surface area contributed by atoms with Crippen molar-refractivity contribution in [3.05, 3.63) is 53.2 Å². The van der Waals surface area contributed by atoms with Gasteiger partial charge in [-0.3, -0.25) is 15.0 Å². The summed E-state index contributed by atoms with van der Waals surface area (Å²) in [5, 5.41) is 36.0. The Morgan fingerprint density at radius 3 is 2.67 bits per heavy atom. The number of nitrogens with zero attached hydrogens (tertiary/aromatic N) is 3. The minimum atomic E-state index is -1.45. The molecule has 3 aromatic rings. The van der Waals surface area contributed by atoms with Crippen molar-refractivity contribution < 1.29 is 38.4 Å². The molecule has 226 valence electrons. The molecule has 11 nitrogen and oxygen atoms in total. The molecule has 1 aliphatic carbocycles. The van der Waals surface area contributed by atoms with E-state index < -0.39 is 36.4 Å². The number of thiophene rings is 1. The molecule has 42 heavy (non-hydrogen) atoms. The molecule has 6 rings (SSSR count). The number of benzene rings is 1. The fourth-order valence-electron chi connectivity index (χ4n) is 6.21. The van der Waals surface area contributed by atoms with E-state index in [1.165, 1.54) is 54.0 Å². The van der Waals surface area contributed by atoms with Crippen molar-refractivity contribution >= 4 is 22.2 Å². The molecule has 1 saturated carbocycles. The van der Waals surface area contributed by atoms with Gasteiger partial charge in [0.2, 0.25) is 12.2 Å². The number of aliphatic hydroxyl groups is 3. The smallest absolute Gasteiger partial charge is 0.261 e. The molecule has 1 aromatic carbocycles. The molecule has 3 aliphatic rings. The first-order valence-corrected chi connectivity index (χ1v) is 15.0. The van der Waals surface area contributed by atoms with Crippen molar-refractivity contribution in [2.45, 2.75) is 76.0 Å². The summed E-state index contributed by atoms with van der Waals surface area (Å²) in [5.74, 6) is -0.0950. The summed E-state index contributed by atoms with van der Waals surface area (Å²) in [7, 11) is 1.50. The lowest BCUT2D eigenvalue weighted by Gasteiger charge is -2.45. The number of aliphatic hydroxyl groups excluding tert-OH is 3. The maximum absolute atomic E-state index is 14.6. The second kappa shape index (κ2) is 11.9. The summed E-state index contributed by atoms with van der Waals surface area (Å²) < 4.78 is 32.4. The zero-order chi connectivity index (χ0) is 29.5. The lowest BCUT2D eigenvalue weighted by molar-refractivity contribution is -0.0662. The van der Waals surface area contributed by atoms with Gasteiger partial charge in [-0.15, -0.1) is 11.3 Å². The minimum absolute atomic E-state index is 0.0397. The molecular weight excluding hydrogens is 567 g/mol. The fourth-order valence-corrected chi connectivity index (χ4v) is 7.47. The lowest BCUT2D eigenvalue weighted by atomic mass is 9.94. The summed E-state index contributed by atoms with van der Waals surface area (Å²) in [6, 6.07) is 3.54. The average molecular weight is 603 g/mol. The Morgan fingerprint density at radius 2 is 2.00 bits per heavy atom. The third-order valence-electron chi connectivity index (χ3n) is 8.41. The van der Waals surface area contributed by atoms with E-state index in [4.69, 9.17) is 13.9 Å². The van der Waals surface area contributed by atoms with E-state index in [0.29, 0.717) is 76.9 Å². The molecule has 4 heterocycles. The molecule has 0 bridgehead atoms. The van der Waals surface area contributed by atoms with Crippen molar-refractivity contribution in [2.24, 2.45) is 0 Å². The van der Waals surface area contributed by atoms with Crippen LogP contribution in [0.1, 0.15) is 59.7 Å². The van der Waals surface area contributed by atoms with Gasteiger partial charge < -0.3 is 34.1 Å². The van der Waals surface area contributed by atoms with E-state index in [-0.39, 0.29) is 18.8 Å². The standard InChI is InChI=1S/C29H35FN4O7S/c1-15-23-27(37)34(20-9-10-31-25(20)36)29(38)33(28(23)42-24(15)26-32-11-12-40-26)14-22(41-18-6-4-17(35)5-7-18)19-13-16(30)3-8-21(19)39-2/h3,8,11-13,17-18,20,22,25,29,31,35-36,38H,4-7,9-10,14H2,1-2H3/t17?,18?,20-,22-,25?,29?/m0/s1. The van der Waals surface area contributed by atoms with E-state index in [1.54, 1.807) is 11.8 Å². The molecule has 1 saturated heterocycles. The van der Waals surface area contributed by atoms with Crippen LogP contribution < -0.4 is 15.0 Å². The van der Waals surface area contributed by atoms with Crippen LogP contribution in [0.25, 0.3) is 10.8 Å². The van der Waals surface area contributed by atoms with Crippen LogP contribution in [-0.4, -0.2) is 82.1 Å². The molecule has 4 atom stereocenters. The predicted molar refractivity (Wildman–Crippen MR) is 152 cm³/mol. The lowest BCUT2D eigenvalue weighted by Crippen LogP contribution is -2.61. The Balaban J connectivity index is 1.44. The molecule has 0 radical (unpaired) electrons. The molecule has 2 unspecified atom stereocenters. The topological polar surface area (TPSA) is 141 Å². The van der Waals surface area contributed by atoms with Crippen LogP contribution >= 0.6 is 11.3 Å². The van der Waals surface area contributed by atoms with Crippen molar-refractivity contribution in [3.8, 4) is 16.5 Å². The highest BCUT2D eigenvalue weighted by Crippen LogP contribution is 2.47. The molecule has 2 aliphatic heterocycles. The van der Waals surface area contributed by atoms with Gasteiger partial charge in [-0.05, 0) is 69.3 Å². The highest BCUT2D eigenvalue weighted by atomic mass is 32.1. The number of fused-ring (bicyclic) bond motifs is 1. The molecule has 0 spiro atoms. The van der Waals surface area contributed by atoms with Crippen LogP contribution in [0.15, 0.2) is 35.1 Å². The Morgan fingerprint density at radius 1 is 1.21 bits per heavy atom. The number of anilines is 1. The number of hydrogen-bond donors (Lipinski definition) is 4. The number of carbonyl (C=O) groups excluding carboxylic acids is 1. The SMILES string of the molecule is COc1ccc(F)cc1[C@H](CN1c2sc(-c3ncco3)c(C)c2C(=O)N([C@H]2CCNC2O)C1O)OC1CCC(O)CC1. The highest BCUT2D eigenvalue weighted by Gasteiger charge is 2.47. The van der Waals surface area contributed by atoms with Gasteiger partial charge in [0.1, 0.15) is 35.2 Å². The van der Waals surface area contributed by atoms with E-state index in [2.05, 4.69) is 10.3 Å². The molecule has 1 amide bonds. The normalized spacial score (nSPS) is 26.9. The van der Waals surface area contributed by atoms with Crippen LogP contribution in [0.2, 0.25) is 0 Å². The molecule has 2 aromatic heterocycles. The zero-order valence-electron chi connectivity index (χ0n) is 23.4. The quantitative estimate of drug-likeness (QED) is 0.304. The van der Waals surface area contributed by atoms with Crippen LogP contribution in [0.3, 0.4) is 0 Å². The van der Waals surface area contributed by atoms with Gasteiger partial charge in [0.05, 0.1) is 48.5 Å². The van der Waals surface area contributed by atoms with Gasteiger partial charge in [0, 0.05) is 5.56 Å². The Bertz CT molecular complexity index is 1410. The third kappa shape index (κ3) is 5.29. The number of methoxy groups -OCH3 is 1. The first-order chi connectivity index (χ1) is 20.3. The molecular formula is C29H35FN4O7S. The van der Waals surface area contributed by atoms with Gasteiger partial charge >= 0.3 is 0 Å². The maximum Gasteiger partial charge on any atom is 0.261 e. The summed E-state index contributed by atoms with van der Waals surface area (Å²) in [6.45, 7) is 2.33. The minimum Gasteiger partial charge on any atom is -0.496 e. The van der Waals surface area contributed by atoms with E-state index in [1.807, 2.05) is 0 Å². The molecule has 2 fully saturated rings. The van der Waals surface area contributed by atoms with Crippen LogP contribution in [0.4, 0.5) is 9.39 Å². The number of hydrogen-bond acceptors (Lipinski definition) is 11. The van der Waals surface area contributed by atoms with Gasteiger partial charge in [-0.1, -0.05) is 0 Å². The fraction of sp³-hybridized carbons (Fsp3) is 0.517. The van der Waals surface area contributed by atoms with Crippen molar-refractivity contribution in [1.29, 1.82) is 0 Å². The van der Waals surface area contributed by atoms with Crippen molar-refractivity contribution in [1.82, 2.24) is 15.2 Å². The largest absolute Gasteiger partial charge is 0.496 e. The van der Waals surface area contributed by atoms with Gasteiger partial charge in [0.25, 0.3) is 5.91 Å².